The van der Waals surface area contributed by atoms with Gasteiger partial charge in [0.15, 0.2) is 5.96 Å². The number of hydrogen-bond acceptors (Lipinski definition) is 3. The molecule has 0 bridgehead atoms. The summed E-state index contributed by atoms with van der Waals surface area (Å²) in [6.07, 6.45) is 2.29. The van der Waals surface area contributed by atoms with Crippen LogP contribution in [0.5, 0.6) is 5.75 Å². The molecule has 2 rings (SSSR count). The van der Waals surface area contributed by atoms with E-state index >= 15 is 0 Å². The normalized spacial score (nSPS) is 18.8. The second-order valence-electron chi connectivity index (χ2n) is 6.21. The van der Waals surface area contributed by atoms with E-state index in [0.29, 0.717) is 12.0 Å². The lowest BCUT2D eigenvalue weighted by atomic mass is 10.1. The number of rotatable bonds is 6. The quantitative estimate of drug-likeness (QED) is 0.401. The first-order chi connectivity index (χ1) is 11.2. The molecule has 1 saturated heterocycles. The van der Waals surface area contributed by atoms with Crippen LogP contribution in [-0.4, -0.2) is 45.8 Å². The van der Waals surface area contributed by atoms with E-state index in [1.54, 1.807) is 7.11 Å². The average molecular weight is 446 g/mol. The van der Waals surface area contributed by atoms with E-state index in [-0.39, 0.29) is 24.0 Å². The van der Waals surface area contributed by atoms with Gasteiger partial charge in [0.2, 0.25) is 0 Å². The fourth-order valence-corrected chi connectivity index (χ4v) is 2.81. The van der Waals surface area contributed by atoms with Crippen LogP contribution in [0.25, 0.3) is 0 Å². The van der Waals surface area contributed by atoms with Crippen molar-refractivity contribution in [3.05, 3.63) is 24.3 Å². The highest BCUT2D eigenvalue weighted by Gasteiger charge is 2.23. The van der Waals surface area contributed by atoms with Crippen molar-refractivity contribution in [3.8, 4) is 5.75 Å². The molecule has 1 heterocycles. The van der Waals surface area contributed by atoms with E-state index in [2.05, 4.69) is 52.6 Å². The number of hydrogen-bond donors (Lipinski definition) is 2. The largest absolute Gasteiger partial charge is 0.497 e. The van der Waals surface area contributed by atoms with Gasteiger partial charge in [-0.1, -0.05) is 13.0 Å². The Morgan fingerprint density at radius 3 is 2.92 bits per heavy atom. The van der Waals surface area contributed by atoms with Crippen molar-refractivity contribution in [1.29, 1.82) is 0 Å². The first-order valence-electron chi connectivity index (χ1n) is 8.52. The van der Waals surface area contributed by atoms with Gasteiger partial charge in [-0.3, -0.25) is 4.99 Å². The molecule has 0 saturated carbocycles. The van der Waals surface area contributed by atoms with Crippen LogP contribution in [-0.2, 0) is 0 Å². The third-order valence-corrected chi connectivity index (χ3v) is 4.48. The van der Waals surface area contributed by atoms with Crippen LogP contribution in [0.4, 0.5) is 5.69 Å². The number of nitrogens with one attached hydrogen (secondary N) is 2. The summed E-state index contributed by atoms with van der Waals surface area (Å²) in [4.78, 5) is 6.73. The first kappa shape index (κ1) is 20.9. The van der Waals surface area contributed by atoms with Crippen molar-refractivity contribution in [2.45, 2.75) is 32.7 Å². The fraction of sp³-hybridized carbons (Fsp3) is 0.611. The second-order valence-corrected chi connectivity index (χ2v) is 6.21. The van der Waals surface area contributed by atoms with E-state index in [4.69, 9.17) is 4.74 Å². The van der Waals surface area contributed by atoms with Crippen molar-refractivity contribution in [3.63, 3.8) is 0 Å². The summed E-state index contributed by atoms with van der Waals surface area (Å²) in [6, 6.07) is 8.75. The van der Waals surface area contributed by atoms with Crippen LogP contribution in [0.15, 0.2) is 29.3 Å². The maximum atomic E-state index is 5.32. The number of benzene rings is 1. The van der Waals surface area contributed by atoms with E-state index in [9.17, 15) is 0 Å². The summed E-state index contributed by atoms with van der Waals surface area (Å²) in [7, 11) is 3.54. The fourth-order valence-electron chi connectivity index (χ4n) is 2.81. The van der Waals surface area contributed by atoms with Gasteiger partial charge in [-0.2, -0.15) is 0 Å². The summed E-state index contributed by atoms with van der Waals surface area (Å²) in [5.41, 5.74) is 1.24. The smallest absolute Gasteiger partial charge is 0.191 e. The summed E-state index contributed by atoms with van der Waals surface area (Å²) in [5.74, 6) is 2.46. The summed E-state index contributed by atoms with van der Waals surface area (Å²) >= 11 is 0. The SMILES string of the molecule is CCC(C)NC(=NC)NCC1CCN(c2cccc(OC)c2)C1.I. The Hall–Kier alpha value is -1.18. The minimum atomic E-state index is 0. The lowest BCUT2D eigenvalue weighted by molar-refractivity contribution is 0.415. The van der Waals surface area contributed by atoms with Crippen LogP contribution in [0.1, 0.15) is 26.7 Å². The van der Waals surface area contributed by atoms with Gasteiger partial charge in [-0.05, 0) is 37.8 Å². The molecule has 5 nitrogen and oxygen atoms in total. The summed E-state index contributed by atoms with van der Waals surface area (Å²) in [6.45, 7) is 7.47. The van der Waals surface area contributed by atoms with Gasteiger partial charge in [-0.15, -0.1) is 24.0 Å². The number of methoxy groups -OCH3 is 1. The van der Waals surface area contributed by atoms with Gasteiger partial charge in [0.25, 0.3) is 0 Å². The predicted molar refractivity (Wildman–Crippen MR) is 113 cm³/mol. The highest BCUT2D eigenvalue weighted by atomic mass is 127. The number of guanidine groups is 1. The molecule has 0 radical (unpaired) electrons. The minimum absolute atomic E-state index is 0. The monoisotopic (exact) mass is 446 g/mol. The van der Waals surface area contributed by atoms with Crippen LogP contribution in [0.3, 0.4) is 0 Å². The van der Waals surface area contributed by atoms with Crippen molar-refractivity contribution in [2.75, 3.05) is 38.7 Å². The standard InChI is InChI=1S/C18H30N4O.HI/c1-5-14(2)21-18(19-3)20-12-15-9-10-22(13-15)16-7-6-8-17(11-16)23-4;/h6-8,11,14-15H,5,9-10,12-13H2,1-4H3,(H2,19,20,21);1H. The van der Waals surface area contributed by atoms with Gasteiger partial charge >= 0.3 is 0 Å². The summed E-state index contributed by atoms with van der Waals surface area (Å²) in [5, 5.41) is 6.87. The molecule has 24 heavy (non-hydrogen) atoms. The van der Waals surface area contributed by atoms with Crippen molar-refractivity contribution >= 4 is 35.6 Å². The lowest BCUT2D eigenvalue weighted by Gasteiger charge is -2.21. The van der Waals surface area contributed by atoms with E-state index in [0.717, 1.165) is 37.8 Å². The third-order valence-electron chi connectivity index (χ3n) is 4.48. The van der Waals surface area contributed by atoms with Crippen molar-refractivity contribution in [1.82, 2.24) is 10.6 Å². The molecule has 136 valence electrons. The zero-order chi connectivity index (χ0) is 16.7. The highest BCUT2D eigenvalue weighted by molar-refractivity contribution is 14.0. The molecule has 2 atom stereocenters. The molecule has 1 aromatic rings. The lowest BCUT2D eigenvalue weighted by Crippen LogP contribution is -2.43. The van der Waals surface area contributed by atoms with Gasteiger partial charge in [0, 0.05) is 44.5 Å². The zero-order valence-corrected chi connectivity index (χ0v) is 17.5. The molecule has 2 N–H and O–H groups in total. The van der Waals surface area contributed by atoms with Crippen LogP contribution in [0, 0.1) is 5.92 Å². The number of anilines is 1. The molecule has 0 aromatic heterocycles. The Kier molecular flexibility index (Phi) is 9.25. The molecular weight excluding hydrogens is 415 g/mol. The van der Waals surface area contributed by atoms with E-state index < -0.39 is 0 Å². The molecule has 1 aliphatic rings. The molecule has 1 aromatic carbocycles. The van der Waals surface area contributed by atoms with E-state index in [1.165, 1.54) is 12.1 Å². The first-order valence-corrected chi connectivity index (χ1v) is 8.52. The minimum Gasteiger partial charge on any atom is -0.497 e. The van der Waals surface area contributed by atoms with Crippen LogP contribution in [0.2, 0.25) is 0 Å². The maximum Gasteiger partial charge on any atom is 0.191 e. The van der Waals surface area contributed by atoms with Crippen molar-refractivity contribution < 1.29 is 4.74 Å². The Labute approximate surface area is 163 Å². The van der Waals surface area contributed by atoms with Crippen LogP contribution < -0.4 is 20.3 Å². The predicted octanol–water partition coefficient (Wildman–Crippen LogP) is 3.10. The highest BCUT2D eigenvalue weighted by Crippen LogP contribution is 2.26. The van der Waals surface area contributed by atoms with E-state index in [1.807, 2.05) is 13.1 Å². The molecule has 6 heteroatoms. The Bertz CT molecular complexity index is 523. The second kappa shape index (κ2) is 10.6. The molecule has 1 aliphatic heterocycles. The Balaban J connectivity index is 0.00000288. The number of aliphatic imine (C=N–C) groups is 1. The van der Waals surface area contributed by atoms with Gasteiger partial charge in [-0.25, -0.2) is 0 Å². The van der Waals surface area contributed by atoms with Gasteiger partial charge < -0.3 is 20.3 Å². The molecule has 0 spiro atoms. The Morgan fingerprint density at radius 2 is 2.25 bits per heavy atom. The molecule has 1 fully saturated rings. The maximum absolute atomic E-state index is 5.32. The number of halogens is 1. The molecular formula is C18H31IN4O. The Morgan fingerprint density at radius 1 is 1.46 bits per heavy atom. The molecule has 2 unspecified atom stereocenters. The molecule has 0 aliphatic carbocycles. The summed E-state index contributed by atoms with van der Waals surface area (Å²) < 4.78 is 5.32. The zero-order valence-electron chi connectivity index (χ0n) is 15.2. The van der Waals surface area contributed by atoms with Crippen LogP contribution >= 0.6 is 24.0 Å². The average Bonchev–Trinajstić information content (AvgIpc) is 3.07. The number of nitrogens with zero attached hydrogens (tertiary/aromatic N) is 2. The topological polar surface area (TPSA) is 48.9 Å². The third kappa shape index (κ3) is 6.03. The van der Waals surface area contributed by atoms with Gasteiger partial charge in [0.05, 0.1) is 7.11 Å². The number of ether oxygens (including phenoxy) is 1. The van der Waals surface area contributed by atoms with Gasteiger partial charge in [0.1, 0.15) is 5.75 Å². The van der Waals surface area contributed by atoms with Crippen molar-refractivity contribution in [2.24, 2.45) is 10.9 Å². The molecule has 0 amide bonds.